The first-order valence-electron chi connectivity index (χ1n) is 6.73. The van der Waals surface area contributed by atoms with Crippen molar-refractivity contribution >= 4 is 24.2 Å². The van der Waals surface area contributed by atoms with Crippen LogP contribution in [0.1, 0.15) is 32.4 Å². The summed E-state index contributed by atoms with van der Waals surface area (Å²) in [6.45, 7) is 9.24. The van der Waals surface area contributed by atoms with Gasteiger partial charge in [0.2, 0.25) is 5.88 Å². The first kappa shape index (κ1) is 19.4. The molecule has 0 fully saturated rings. The molecule has 1 heterocycles. The van der Waals surface area contributed by atoms with Crippen molar-refractivity contribution in [3.8, 4) is 5.88 Å². The van der Waals surface area contributed by atoms with Crippen LogP contribution in [-0.2, 0) is 4.43 Å². The van der Waals surface area contributed by atoms with Gasteiger partial charge in [0.05, 0.1) is 12.7 Å². The molecule has 0 aliphatic heterocycles. The van der Waals surface area contributed by atoms with Crippen LogP contribution in [0.25, 0.3) is 0 Å². The van der Waals surface area contributed by atoms with Crippen LogP contribution in [0.3, 0.4) is 0 Å². The first-order valence-corrected chi connectivity index (χ1v) is 10.4. The molecule has 0 N–H and O–H groups in total. The van der Waals surface area contributed by atoms with Crippen molar-refractivity contribution in [2.75, 3.05) is 7.11 Å². The summed E-state index contributed by atoms with van der Waals surface area (Å²) in [4.78, 5) is 3.89. The summed E-state index contributed by atoms with van der Waals surface area (Å²) in [6, 6.07) is 1.34. The predicted molar refractivity (Wildman–Crippen MR) is 85.6 cm³/mol. The van der Waals surface area contributed by atoms with E-state index < -0.39 is 20.6 Å². The molecule has 22 heavy (non-hydrogen) atoms. The summed E-state index contributed by atoms with van der Waals surface area (Å²) >= 11 is 3.15. The van der Waals surface area contributed by atoms with Gasteiger partial charge in [0.25, 0.3) is 0 Å². The number of pyridine rings is 1. The Labute approximate surface area is 138 Å². The standard InChI is InChI=1S/C14H21BrF3NO2Si/c1-13(2,3)22(5,6)21-11(14(16,17)18)10-7-9(15)8-19-12(10)20-4/h7-8,11H,1-6H3. The van der Waals surface area contributed by atoms with Gasteiger partial charge in [-0.2, -0.15) is 13.2 Å². The molecule has 0 spiro atoms. The van der Waals surface area contributed by atoms with E-state index in [2.05, 4.69) is 20.9 Å². The summed E-state index contributed by atoms with van der Waals surface area (Å²) < 4.78 is 51.8. The van der Waals surface area contributed by atoms with Crippen molar-refractivity contribution in [1.82, 2.24) is 4.98 Å². The number of hydrogen-bond acceptors (Lipinski definition) is 3. The fourth-order valence-electron chi connectivity index (χ4n) is 1.58. The molecule has 126 valence electrons. The molecule has 0 aliphatic rings. The minimum atomic E-state index is -4.55. The lowest BCUT2D eigenvalue weighted by Crippen LogP contribution is -2.44. The molecule has 1 aromatic heterocycles. The number of aromatic nitrogens is 1. The smallest absolute Gasteiger partial charge is 0.417 e. The minimum Gasteiger partial charge on any atom is -0.481 e. The fourth-order valence-corrected chi connectivity index (χ4v) is 3.13. The van der Waals surface area contributed by atoms with E-state index in [0.29, 0.717) is 4.47 Å². The van der Waals surface area contributed by atoms with Crippen molar-refractivity contribution in [2.45, 2.75) is 51.2 Å². The van der Waals surface area contributed by atoms with E-state index in [1.165, 1.54) is 19.4 Å². The van der Waals surface area contributed by atoms with Crippen LogP contribution in [0.4, 0.5) is 13.2 Å². The third kappa shape index (κ3) is 4.45. The van der Waals surface area contributed by atoms with Crippen LogP contribution >= 0.6 is 15.9 Å². The summed E-state index contributed by atoms with van der Waals surface area (Å²) in [7, 11) is -1.34. The Hall–Kier alpha value is -0.603. The Balaban J connectivity index is 3.36. The van der Waals surface area contributed by atoms with Crippen molar-refractivity contribution < 1.29 is 22.3 Å². The molecule has 0 aromatic carbocycles. The Morgan fingerprint density at radius 1 is 1.23 bits per heavy atom. The topological polar surface area (TPSA) is 31.4 Å². The van der Waals surface area contributed by atoms with Crippen LogP contribution < -0.4 is 4.74 Å². The van der Waals surface area contributed by atoms with Crippen LogP contribution in [0.15, 0.2) is 16.7 Å². The molecule has 0 radical (unpaired) electrons. The minimum absolute atomic E-state index is 0.0794. The van der Waals surface area contributed by atoms with E-state index in [-0.39, 0.29) is 16.5 Å². The maximum Gasteiger partial charge on any atom is 0.417 e. The average Bonchev–Trinajstić information content (AvgIpc) is 2.33. The summed E-state index contributed by atoms with van der Waals surface area (Å²) in [5.41, 5.74) is -0.116. The van der Waals surface area contributed by atoms with E-state index in [4.69, 9.17) is 9.16 Å². The van der Waals surface area contributed by atoms with Gasteiger partial charge in [0.1, 0.15) is 0 Å². The zero-order valence-corrected chi connectivity index (χ0v) is 16.1. The van der Waals surface area contributed by atoms with Crippen LogP contribution in [0.5, 0.6) is 5.88 Å². The highest BCUT2D eigenvalue weighted by Crippen LogP contribution is 2.46. The third-order valence-corrected chi connectivity index (χ3v) is 8.71. The van der Waals surface area contributed by atoms with Gasteiger partial charge in [-0.1, -0.05) is 20.8 Å². The number of alkyl halides is 3. The van der Waals surface area contributed by atoms with Gasteiger partial charge in [-0.3, -0.25) is 0 Å². The molecule has 3 nitrogen and oxygen atoms in total. The SMILES string of the molecule is COc1ncc(Br)cc1C(O[Si](C)(C)C(C)(C)C)C(F)(F)F. The van der Waals surface area contributed by atoms with E-state index in [0.717, 1.165) is 0 Å². The molecule has 1 unspecified atom stereocenters. The van der Waals surface area contributed by atoms with Crippen molar-refractivity contribution in [3.05, 3.63) is 22.3 Å². The maximum absolute atomic E-state index is 13.6. The third-order valence-electron chi connectivity index (χ3n) is 3.84. The number of hydrogen-bond donors (Lipinski definition) is 0. The number of halogens is 4. The van der Waals surface area contributed by atoms with Crippen LogP contribution in [0.2, 0.25) is 18.1 Å². The number of rotatable bonds is 4. The molecule has 0 saturated carbocycles. The number of nitrogens with zero attached hydrogens (tertiary/aromatic N) is 1. The van der Waals surface area contributed by atoms with Crippen LogP contribution in [-0.4, -0.2) is 26.6 Å². The second-order valence-electron chi connectivity index (χ2n) is 6.55. The van der Waals surface area contributed by atoms with E-state index in [1.54, 1.807) is 13.1 Å². The Bertz CT molecular complexity index is 530. The molecule has 1 rings (SSSR count). The summed E-state index contributed by atoms with van der Waals surface area (Å²) in [5, 5.41) is -0.344. The zero-order valence-electron chi connectivity index (χ0n) is 13.5. The van der Waals surface area contributed by atoms with Crippen molar-refractivity contribution in [2.24, 2.45) is 0 Å². The summed E-state index contributed by atoms with van der Waals surface area (Å²) in [6.07, 6.45) is -5.22. The Morgan fingerprint density at radius 2 is 1.77 bits per heavy atom. The van der Waals surface area contributed by atoms with Gasteiger partial charge >= 0.3 is 6.18 Å². The second kappa shape index (κ2) is 6.49. The molecular formula is C14H21BrF3NO2Si. The van der Waals surface area contributed by atoms with Gasteiger partial charge in [0, 0.05) is 10.7 Å². The molecule has 1 aromatic rings. The van der Waals surface area contributed by atoms with Gasteiger partial charge in [-0.15, -0.1) is 0 Å². The lowest BCUT2D eigenvalue weighted by molar-refractivity contribution is -0.202. The van der Waals surface area contributed by atoms with E-state index in [1.807, 2.05) is 20.8 Å². The largest absolute Gasteiger partial charge is 0.481 e. The van der Waals surface area contributed by atoms with Gasteiger partial charge in [-0.25, -0.2) is 4.98 Å². The maximum atomic E-state index is 13.6. The van der Waals surface area contributed by atoms with Gasteiger partial charge < -0.3 is 9.16 Å². The molecule has 0 saturated heterocycles. The second-order valence-corrected chi connectivity index (χ2v) is 12.2. The average molecular weight is 400 g/mol. The predicted octanol–water partition coefficient (Wildman–Crippen LogP) is 5.48. The number of ether oxygens (including phenoxy) is 1. The van der Waals surface area contributed by atoms with Crippen LogP contribution in [0, 0.1) is 0 Å². The number of methoxy groups -OCH3 is 1. The zero-order chi connectivity index (χ0) is 17.3. The lowest BCUT2D eigenvalue weighted by Gasteiger charge is -2.39. The lowest BCUT2D eigenvalue weighted by atomic mass is 10.1. The molecular weight excluding hydrogens is 379 g/mol. The monoisotopic (exact) mass is 399 g/mol. The van der Waals surface area contributed by atoms with E-state index >= 15 is 0 Å². The summed E-state index contributed by atoms with van der Waals surface area (Å²) in [5.74, 6) is -0.0794. The van der Waals surface area contributed by atoms with E-state index in [9.17, 15) is 13.2 Å². The Kier molecular flexibility index (Phi) is 5.73. The molecule has 0 bridgehead atoms. The highest BCUT2D eigenvalue weighted by molar-refractivity contribution is 9.10. The molecule has 0 aliphatic carbocycles. The molecule has 1 atom stereocenters. The highest BCUT2D eigenvalue weighted by Gasteiger charge is 2.49. The Morgan fingerprint density at radius 3 is 2.18 bits per heavy atom. The first-order chi connectivity index (χ1) is 9.79. The van der Waals surface area contributed by atoms with Gasteiger partial charge in [0.15, 0.2) is 14.4 Å². The van der Waals surface area contributed by atoms with Crippen molar-refractivity contribution in [3.63, 3.8) is 0 Å². The van der Waals surface area contributed by atoms with Gasteiger partial charge in [-0.05, 0) is 40.1 Å². The molecule has 8 heteroatoms. The molecule has 0 amide bonds. The quantitative estimate of drug-likeness (QED) is 0.628. The van der Waals surface area contributed by atoms with Crippen molar-refractivity contribution in [1.29, 1.82) is 0 Å². The fraction of sp³-hybridized carbons (Fsp3) is 0.643. The highest BCUT2D eigenvalue weighted by atomic mass is 79.9. The normalized spacial score (nSPS) is 14.8.